The molecule has 0 bridgehead atoms. The first-order chi connectivity index (χ1) is 9.47. The molecule has 1 atom stereocenters. The Morgan fingerprint density at radius 1 is 1.30 bits per heavy atom. The lowest BCUT2D eigenvalue weighted by molar-refractivity contribution is -0.384. The fourth-order valence-electron chi connectivity index (χ4n) is 1.65. The minimum Gasteiger partial charge on any atom is -0.456 e. The second-order valence-electron chi connectivity index (χ2n) is 4.22. The molecule has 5 nitrogen and oxygen atoms in total. The quantitative estimate of drug-likeness (QED) is 0.680. The van der Waals surface area contributed by atoms with E-state index in [0.29, 0.717) is 22.1 Å². The fraction of sp³-hybridized carbons (Fsp3) is 0.143. The zero-order valence-electron chi connectivity index (χ0n) is 10.6. The number of aliphatic hydroxyl groups is 1. The first kappa shape index (κ1) is 14.3. The summed E-state index contributed by atoms with van der Waals surface area (Å²) in [6.07, 6.45) is -0.626. The summed E-state index contributed by atoms with van der Waals surface area (Å²) in [5.74, 6) is 0.697. The van der Waals surface area contributed by atoms with E-state index in [9.17, 15) is 15.2 Å². The van der Waals surface area contributed by atoms with E-state index in [1.54, 1.807) is 31.2 Å². The average molecular weight is 294 g/mol. The molecule has 0 aliphatic carbocycles. The Balaban J connectivity index is 2.26. The number of rotatable bonds is 4. The molecule has 6 heteroatoms. The summed E-state index contributed by atoms with van der Waals surface area (Å²) >= 11 is 6.06. The van der Waals surface area contributed by atoms with E-state index in [1.807, 2.05) is 0 Å². The number of hydrogen-bond donors (Lipinski definition) is 1. The second kappa shape index (κ2) is 5.90. The molecule has 20 heavy (non-hydrogen) atoms. The van der Waals surface area contributed by atoms with Gasteiger partial charge < -0.3 is 9.84 Å². The fourth-order valence-corrected chi connectivity index (χ4v) is 1.87. The minimum atomic E-state index is -0.626. The van der Waals surface area contributed by atoms with Crippen molar-refractivity contribution in [3.63, 3.8) is 0 Å². The Morgan fingerprint density at radius 2 is 2.05 bits per heavy atom. The summed E-state index contributed by atoms with van der Waals surface area (Å²) in [6, 6.07) is 10.7. The zero-order chi connectivity index (χ0) is 14.7. The van der Waals surface area contributed by atoms with Crippen molar-refractivity contribution in [2.24, 2.45) is 0 Å². The summed E-state index contributed by atoms with van der Waals surface area (Å²) in [7, 11) is 0. The molecule has 0 aromatic heterocycles. The number of halogens is 1. The normalized spacial score (nSPS) is 11.9. The minimum absolute atomic E-state index is 0.0563. The van der Waals surface area contributed by atoms with Crippen LogP contribution in [-0.2, 0) is 0 Å². The third-order valence-electron chi connectivity index (χ3n) is 2.69. The molecule has 0 aliphatic heterocycles. The van der Waals surface area contributed by atoms with E-state index in [0.717, 1.165) is 0 Å². The van der Waals surface area contributed by atoms with Gasteiger partial charge in [0.2, 0.25) is 0 Å². The highest BCUT2D eigenvalue weighted by Gasteiger charge is 2.10. The largest absolute Gasteiger partial charge is 0.456 e. The summed E-state index contributed by atoms with van der Waals surface area (Å²) in [5.41, 5.74) is 0.612. The first-order valence-electron chi connectivity index (χ1n) is 5.87. The lowest BCUT2D eigenvalue weighted by Gasteiger charge is -2.10. The van der Waals surface area contributed by atoms with Gasteiger partial charge in [0.25, 0.3) is 5.69 Å². The van der Waals surface area contributed by atoms with Gasteiger partial charge in [-0.05, 0) is 30.7 Å². The Bertz CT molecular complexity index is 643. The molecular weight excluding hydrogens is 282 g/mol. The molecule has 2 rings (SSSR count). The summed E-state index contributed by atoms with van der Waals surface area (Å²) < 4.78 is 5.52. The molecule has 0 heterocycles. The van der Waals surface area contributed by atoms with Crippen LogP contribution < -0.4 is 4.74 Å². The van der Waals surface area contributed by atoms with Crippen LogP contribution in [0, 0.1) is 10.1 Å². The molecule has 2 aromatic rings. The van der Waals surface area contributed by atoms with Crippen LogP contribution in [0.25, 0.3) is 0 Å². The van der Waals surface area contributed by atoms with Crippen molar-refractivity contribution >= 4 is 17.3 Å². The molecule has 0 aliphatic rings. The Hall–Kier alpha value is -2.11. The number of ether oxygens (including phenoxy) is 1. The van der Waals surface area contributed by atoms with Crippen LogP contribution >= 0.6 is 11.6 Å². The molecule has 0 saturated carbocycles. The van der Waals surface area contributed by atoms with Gasteiger partial charge in [0.1, 0.15) is 11.5 Å². The Labute approximate surface area is 120 Å². The van der Waals surface area contributed by atoms with Crippen LogP contribution in [-0.4, -0.2) is 10.0 Å². The number of benzene rings is 2. The molecule has 0 fully saturated rings. The van der Waals surface area contributed by atoms with Gasteiger partial charge in [0.15, 0.2) is 0 Å². The number of nitrogens with zero attached hydrogens (tertiary/aromatic N) is 1. The maximum atomic E-state index is 10.7. The van der Waals surface area contributed by atoms with Gasteiger partial charge in [0.05, 0.1) is 22.1 Å². The molecule has 0 amide bonds. The number of hydrogen-bond acceptors (Lipinski definition) is 4. The van der Waals surface area contributed by atoms with Crippen molar-refractivity contribution in [3.8, 4) is 11.5 Å². The maximum absolute atomic E-state index is 10.7. The van der Waals surface area contributed by atoms with Crippen LogP contribution in [0.1, 0.15) is 18.6 Å². The Morgan fingerprint density at radius 3 is 2.65 bits per heavy atom. The standard InChI is InChI=1S/C14H12ClNO4/c1-9(17)10-5-6-14(13(15)7-10)20-12-4-2-3-11(8-12)16(18)19/h2-9,17H,1H3/t9-/m0/s1. The number of nitro benzene ring substituents is 1. The third kappa shape index (κ3) is 3.26. The predicted molar refractivity (Wildman–Crippen MR) is 75.3 cm³/mol. The van der Waals surface area contributed by atoms with Gasteiger partial charge in [-0.3, -0.25) is 10.1 Å². The summed E-state index contributed by atoms with van der Waals surface area (Å²) in [4.78, 5) is 10.2. The van der Waals surface area contributed by atoms with E-state index in [1.165, 1.54) is 18.2 Å². The molecular formula is C14H12ClNO4. The molecule has 0 unspecified atom stereocenters. The topological polar surface area (TPSA) is 72.6 Å². The third-order valence-corrected chi connectivity index (χ3v) is 2.99. The van der Waals surface area contributed by atoms with E-state index >= 15 is 0 Å². The van der Waals surface area contributed by atoms with Gasteiger partial charge in [0, 0.05) is 6.07 Å². The van der Waals surface area contributed by atoms with Gasteiger partial charge in [-0.1, -0.05) is 23.7 Å². The van der Waals surface area contributed by atoms with E-state index in [-0.39, 0.29) is 5.69 Å². The molecule has 0 spiro atoms. The van der Waals surface area contributed by atoms with Crippen molar-refractivity contribution in [2.75, 3.05) is 0 Å². The van der Waals surface area contributed by atoms with Crippen molar-refractivity contribution in [3.05, 3.63) is 63.2 Å². The monoisotopic (exact) mass is 293 g/mol. The molecule has 2 aromatic carbocycles. The highest BCUT2D eigenvalue weighted by Crippen LogP contribution is 2.32. The van der Waals surface area contributed by atoms with Crippen molar-refractivity contribution in [1.29, 1.82) is 0 Å². The number of aliphatic hydroxyl groups excluding tert-OH is 1. The second-order valence-corrected chi connectivity index (χ2v) is 4.63. The van der Waals surface area contributed by atoms with Crippen LogP contribution in [0.15, 0.2) is 42.5 Å². The van der Waals surface area contributed by atoms with E-state index in [2.05, 4.69) is 0 Å². The van der Waals surface area contributed by atoms with Crippen LogP contribution in [0.4, 0.5) is 5.69 Å². The molecule has 1 N–H and O–H groups in total. The van der Waals surface area contributed by atoms with E-state index < -0.39 is 11.0 Å². The summed E-state index contributed by atoms with van der Waals surface area (Å²) in [5, 5.41) is 20.5. The van der Waals surface area contributed by atoms with Crippen LogP contribution in [0.3, 0.4) is 0 Å². The molecule has 0 saturated heterocycles. The molecule has 104 valence electrons. The zero-order valence-corrected chi connectivity index (χ0v) is 11.4. The molecule has 0 radical (unpaired) electrons. The van der Waals surface area contributed by atoms with Crippen molar-refractivity contribution in [1.82, 2.24) is 0 Å². The van der Waals surface area contributed by atoms with Gasteiger partial charge in [-0.15, -0.1) is 0 Å². The summed E-state index contributed by atoms with van der Waals surface area (Å²) in [6.45, 7) is 1.63. The van der Waals surface area contributed by atoms with Crippen LogP contribution in [0.2, 0.25) is 5.02 Å². The maximum Gasteiger partial charge on any atom is 0.273 e. The van der Waals surface area contributed by atoms with Crippen molar-refractivity contribution < 1.29 is 14.8 Å². The highest BCUT2D eigenvalue weighted by molar-refractivity contribution is 6.32. The highest BCUT2D eigenvalue weighted by atomic mass is 35.5. The lowest BCUT2D eigenvalue weighted by atomic mass is 10.1. The lowest BCUT2D eigenvalue weighted by Crippen LogP contribution is -1.93. The van der Waals surface area contributed by atoms with Gasteiger partial charge in [-0.2, -0.15) is 0 Å². The predicted octanol–water partition coefficient (Wildman–Crippen LogP) is 4.09. The number of nitro groups is 1. The van der Waals surface area contributed by atoms with Crippen molar-refractivity contribution in [2.45, 2.75) is 13.0 Å². The smallest absolute Gasteiger partial charge is 0.273 e. The average Bonchev–Trinajstić information content (AvgIpc) is 2.41. The van der Waals surface area contributed by atoms with Crippen LogP contribution in [0.5, 0.6) is 11.5 Å². The first-order valence-corrected chi connectivity index (χ1v) is 6.25. The SMILES string of the molecule is C[C@H](O)c1ccc(Oc2cccc([N+](=O)[O-])c2)c(Cl)c1. The van der Waals surface area contributed by atoms with Gasteiger partial charge in [-0.25, -0.2) is 0 Å². The Kier molecular flexibility index (Phi) is 4.22. The van der Waals surface area contributed by atoms with Gasteiger partial charge >= 0.3 is 0 Å². The van der Waals surface area contributed by atoms with E-state index in [4.69, 9.17) is 16.3 Å². The number of non-ortho nitro benzene ring substituents is 1.